The maximum absolute atomic E-state index is 12.6. The van der Waals surface area contributed by atoms with Crippen LogP contribution < -0.4 is 0 Å². The van der Waals surface area contributed by atoms with E-state index in [1.165, 1.54) is 5.56 Å². The molecular formula is C24H27N3O3. The van der Waals surface area contributed by atoms with Gasteiger partial charge in [0, 0.05) is 19.0 Å². The Hall–Kier alpha value is -2.99. The maximum Gasteiger partial charge on any atom is 0.252 e. The molecule has 0 bridgehead atoms. The predicted octanol–water partition coefficient (Wildman–Crippen LogP) is 4.04. The Morgan fingerprint density at radius 1 is 1.07 bits per heavy atom. The van der Waals surface area contributed by atoms with Crippen LogP contribution in [0, 0.1) is 6.92 Å². The van der Waals surface area contributed by atoms with Gasteiger partial charge in [0.15, 0.2) is 5.82 Å². The van der Waals surface area contributed by atoms with Gasteiger partial charge in [-0.1, -0.05) is 65.3 Å². The summed E-state index contributed by atoms with van der Waals surface area (Å²) in [4.78, 5) is 19.1. The zero-order chi connectivity index (χ0) is 20.8. The fraction of sp³-hybridized carbons (Fsp3) is 0.375. The third kappa shape index (κ3) is 5.33. The van der Waals surface area contributed by atoms with Gasteiger partial charge in [-0.05, 0) is 30.9 Å². The number of aryl methyl sites for hydroxylation is 1. The molecule has 0 unspecified atom stereocenters. The van der Waals surface area contributed by atoms with Crippen molar-refractivity contribution in [2.24, 2.45) is 0 Å². The summed E-state index contributed by atoms with van der Waals surface area (Å²) < 4.78 is 11.0. The minimum atomic E-state index is 0.183. The highest BCUT2D eigenvalue weighted by atomic mass is 16.5. The summed E-state index contributed by atoms with van der Waals surface area (Å²) in [5.74, 6) is 1.62. The molecule has 1 fully saturated rings. The van der Waals surface area contributed by atoms with E-state index < -0.39 is 0 Å². The van der Waals surface area contributed by atoms with Crippen LogP contribution in [0.25, 0.3) is 0 Å². The first-order valence-corrected chi connectivity index (χ1v) is 10.4. The van der Waals surface area contributed by atoms with Crippen molar-refractivity contribution in [1.82, 2.24) is 15.0 Å². The van der Waals surface area contributed by atoms with Crippen LogP contribution in [0.3, 0.4) is 0 Å². The van der Waals surface area contributed by atoms with Crippen LogP contribution in [0.15, 0.2) is 59.1 Å². The Labute approximate surface area is 176 Å². The van der Waals surface area contributed by atoms with Gasteiger partial charge in [0.05, 0.1) is 13.0 Å². The Morgan fingerprint density at radius 2 is 1.83 bits per heavy atom. The van der Waals surface area contributed by atoms with Crippen molar-refractivity contribution >= 4 is 5.91 Å². The van der Waals surface area contributed by atoms with Crippen LogP contribution in [0.5, 0.6) is 0 Å². The first kappa shape index (κ1) is 20.3. The average Bonchev–Trinajstić information content (AvgIpc) is 3.24. The molecule has 0 spiro atoms. The molecule has 2 heterocycles. The van der Waals surface area contributed by atoms with E-state index in [-0.39, 0.29) is 11.8 Å². The SMILES string of the molecule is Cc1cccc(CC(=O)N2CCC(c3noc(COCc4ccccc4)n3)CC2)c1. The lowest BCUT2D eigenvalue weighted by molar-refractivity contribution is -0.131. The zero-order valence-electron chi connectivity index (χ0n) is 17.3. The topological polar surface area (TPSA) is 68.5 Å². The van der Waals surface area contributed by atoms with Crippen molar-refractivity contribution in [3.8, 4) is 0 Å². The smallest absolute Gasteiger partial charge is 0.252 e. The van der Waals surface area contributed by atoms with Gasteiger partial charge >= 0.3 is 0 Å². The third-order valence-electron chi connectivity index (χ3n) is 5.47. The van der Waals surface area contributed by atoms with Crippen LogP contribution in [0.1, 0.15) is 47.2 Å². The van der Waals surface area contributed by atoms with Crippen molar-refractivity contribution in [3.05, 3.63) is 83.0 Å². The number of hydrogen-bond acceptors (Lipinski definition) is 5. The highest BCUT2D eigenvalue weighted by Crippen LogP contribution is 2.26. The number of hydrogen-bond donors (Lipinski definition) is 0. The van der Waals surface area contributed by atoms with E-state index in [1.54, 1.807) is 0 Å². The summed E-state index contributed by atoms with van der Waals surface area (Å²) >= 11 is 0. The number of rotatable bonds is 7. The van der Waals surface area contributed by atoms with E-state index >= 15 is 0 Å². The number of nitrogens with zero attached hydrogens (tertiary/aromatic N) is 3. The normalized spacial score (nSPS) is 14.8. The van der Waals surface area contributed by atoms with Crippen molar-refractivity contribution in [2.45, 2.75) is 45.3 Å². The third-order valence-corrected chi connectivity index (χ3v) is 5.47. The molecular weight excluding hydrogens is 378 g/mol. The molecule has 3 aromatic rings. The second-order valence-corrected chi connectivity index (χ2v) is 7.85. The zero-order valence-corrected chi connectivity index (χ0v) is 17.3. The van der Waals surface area contributed by atoms with Crippen LogP contribution >= 0.6 is 0 Å². The van der Waals surface area contributed by atoms with Gasteiger partial charge in [-0.2, -0.15) is 4.98 Å². The first-order valence-electron chi connectivity index (χ1n) is 10.4. The number of aromatic nitrogens is 2. The lowest BCUT2D eigenvalue weighted by atomic mass is 9.95. The molecule has 0 atom stereocenters. The standard InChI is InChI=1S/C24H27N3O3/c1-18-6-5-9-20(14-18)15-23(28)27-12-10-21(11-13-27)24-25-22(30-26-24)17-29-16-19-7-3-2-4-8-19/h2-9,14,21H,10-13,15-17H2,1H3. The van der Waals surface area contributed by atoms with Crippen LogP contribution in [-0.4, -0.2) is 34.0 Å². The van der Waals surface area contributed by atoms with Gasteiger partial charge in [-0.15, -0.1) is 0 Å². The number of ether oxygens (including phenoxy) is 1. The van der Waals surface area contributed by atoms with Crippen molar-refractivity contribution < 1.29 is 14.1 Å². The Kier molecular flexibility index (Phi) is 6.54. The molecule has 6 nitrogen and oxygen atoms in total. The Balaban J connectivity index is 1.23. The highest BCUT2D eigenvalue weighted by Gasteiger charge is 2.27. The molecule has 1 aliphatic heterocycles. The van der Waals surface area contributed by atoms with Gasteiger partial charge in [-0.25, -0.2) is 0 Å². The molecule has 4 rings (SSSR count). The lowest BCUT2D eigenvalue weighted by Gasteiger charge is -2.30. The lowest BCUT2D eigenvalue weighted by Crippen LogP contribution is -2.39. The highest BCUT2D eigenvalue weighted by molar-refractivity contribution is 5.78. The molecule has 0 saturated carbocycles. The molecule has 6 heteroatoms. The molecule has 30 heavy (non-hydrogen) atoms. The number of carbonyl (C=O) groups excluding carboxylic acids is 1. The summed E-state index contributed by atoms with van der Waals surface area (Å²) in [6.45, 7) is 4.31. The van der Waals surface area contributed by atoms with Gasteiger partial charge in [0.25, 0.3) is 5.89 Å². The number of carbonyl (C=O) groups is 1. The van der Waals surface area contributed by atoms with Crippen LogP contribution in [0.4, 0.5) is 0 Å². The molecule has 1 aliphatic rings. The fourth-order valence-corrected chi connectivity index (χ4v) is 3.82. The van der Waals surface area contributed by atoms with E-state index in [1.807, 2.05) is 60.4 Å². The minimum Gasteiger partial charge on any atom is -0.367 e. The van der Waals surface area contributed by atoms with E-state index in [0.717, 1.165) is 42.9 Å². The number of likely N-dealkylation sites (tertiary alicyclic amines) is 1. The molecule has 1 saturated heterocycles. The molecule has 0 N–H and O–H groups in total. The summed E-state index contributed by atoms with van der Waals surface area (Å²) in [7, 11) is 0. The van der Waals surface area contributed by atoms with Gasteiger partial charge in [-0.3, -0.25) is 4.79 Å². The first-order chi connectivity index (χ1) is 14.7. The van der Waals surface area contributed by atoms with Crippen LogP contribution in [-0.2, 0) is 29.2 Å². The second kappa shape index (κ2) is 9.67. The molecule has 0 aliphatic carbocycles. The van der Waals surface area contributed by atoms with Crippen molar-refractivity contribution in [2.75, 3.05) is 13.1 Å². The molecule has 1 amide bonds. The molecule has 1 aromatic heterocycles. The maximum atomic E-state index is 12.6. The quantitative estimate of drug-likeness (QED) is 0.593. The Morgan fingerprint density at radius 3 is 2.60 bits per heavy atom. The summed E-state index contributed by atoms with van der Waals surface area (Å²) in [5, 5.41) is 4.14. The van der Waals surface area contributed by atoms with E-state index in [2.05, 4.69) is 16.2 Å². The van der Waals surface area contributed by atoms with E-state index in [0.29, 0.717) is 25.5 Å². The Bertz CT molecular complexity index is 963. The largest absolute Gasteiger partial charge is 0.367 e. The van der Waals surface area contributed by atoms with E-state index in [4.69, 9.17) is 9.26 Å². The summed E-state index contributed by atoms with van der Waals surface area (Å²) in [6, 6.07) is 18.1. The predicted molar refractivity (Wildman–Crippen MR) is 113 cm³/mol. The van der Waals surface area contributed by atoms with Gasteiger partial charge in [0.1, 0.15) is 6.61 Å². The number of piperidine rings is 1. The van der Waals surface area contributed by atoms with Crippen molar-refractivity contribution in [1.29, 1.82) is 0 Å². The fourth-order valence-electron chi connectivity index (χ4n) is 3.82. The van der Waals surface area contributed by atoms with Gasteiger partial charge < -0.3 is 14.2 Å². The van der Waals surface area contributed by atoms with Crippen LogP contribution in [0.2, 0.25) is 0 Å². The minimum absolute atomic E-state index is 0.183. The second-order valence-electron chi connectivity index (χ2n) is 7.85. The monoisotopic (exact) mass is 405 g/mol. The molecule has 156 valence electrons. The van der Waals surface area contributed by atoms with E-state index in [9.17, 15) is 4.79 Å². The average molecular weight is 405 g/mol. The summed E-state index contributed by atoms with van der Waals surface area (Å²) in [6.07, 6.45) is 2.16. The van der Waals surface area contributed by atoms with Gasteiger partial charge in [0.2, 0.25) is 5.91 Å². The number of amides is 1. The summed E-state index contributed by atoms with van der Waals surface area (Å²) in [5.41, 5.74) is 3.36. The van der Waals surface area contributed by atoms with Crippen molar-refractivity contribution in [3.63, 3.8) is 0 Å². The molecule has 0 radical (unpaired) electrons. The molecule has 2 aromatic carbocycles. The number of benzene rings is 2.